The van der Waals surface area contributed by atoms with Crippen LogP contribution in [0.2, 0.25) is 0 Å². The molecule has 0 radical (unpaired) electrons. The molecular formula is C16H19N3O3S2. The lowest BCUT2D eigenvalue weighted by atomic mass is 10.2. The SMILES string of the molecule is Cc1csc(S(=O)(=O)N(Cc2ccncc2)C[C@@H]2CCC(=O)N2)c1. The van der Waals surface area contributed by atoms with Crippen molar-refractivity contribution in [1.82, 2.24) is 14.6 Å². The molecule has 1 aliphatic rings. The first kappa shape index (κ1) is 17.1. The lowest BCUT2D eigenvalue weighted by Crippen LogP contribution is -2.41. The highest BCUT2D eigenvalue weighted by molar-refractivity contribution is 7.91. The van der Waals surface area contributed by atoms with Crippen LogP contribution in [0, 0.1) is 6.92 Å². The summed E-state index contributed by atoms with van der Waals surface area (Å²) < 4.78 is 27.8. The van der Waals surface area contributed by atoms with Gasteiger partial charge in [-0.15, -0.1) is 11.3 Å². The van der Waals surface area contributed by atoms with Crippen LogP contribution in [-0.2, 0) is 21.4 Å². The second kappa shape index (κ2) is 7.00. The van der Waals surface area contributed by atoms with Crippen LogP contribution in [0.5, 0.6) is 0 Å². The highest BCUT2D eigenvalue weighted by atomic mass is 32.2. The van der Waals surface area contributed by atoms with Crippen LogP contribution in [0.3, 0.4) is 0 Å². The van der Waals surface area contributed by atoms with E-state index in [1.165, 1.54) is 15.6 Å². The third kappa shape index (κ3) is 3.82. The maximum absolute atomic E-state index is 13.0. The predicted octanol–water partition coefficient (Wildman–Crippen LogP) is 1.92. The van der Waals surface area contributed by atoms with Crippen molar-refractivity contribution in [2.75, 3.05) is 6.54 Å². The Morgan fingerprint density at radius 1 is 1.38 bits per heavy atom. The molecule has 3 rings (SSSR count). The van der Waals surface area contributed by atoms with E-state index in [4.69, 9.17) is 0 Å². The summed E-state index contributed by atoms with van der Waals surface area (Å²) >= 11 is 1.22. The first-order valence-corrected chi connectivity index (χ1v) is 10.0. The van der Waals surface area contributed by atoms with Gasteiger partial charge in [0.05, 0.1) is 0 Å². The lowest BCUT2D eigenvalue weighted by molar-refractivity contribution is -0.119. The predicted molar refractivity (Wildman–Crippen MR) is 92.1 cm³/mol. The van der Waals surface area contributed by atoms with Crippen molar-refractivity contribution < 1.29 is 13.2 Å². The molecule has 1 fully saturated rings. The van der Waals surface area contributed by atoms with Crippen LogP contribution in [-0.4, -0.2) is 36.2 Å². The van der Waals surface area contributed by atoms with Crippen LogP contribution in [0.15, 0.2) is 40.2 Å². The summed E-state index contributed by atoms with van der Waals surface area (Å²) in [6.45, 7) is 2.40. The zero-order valence-electron chi connectivity index (χ0n) is 13.3. The number of aromatic nitrogens is 1. The number of nitrogens with one attached hydrogen (secondary N) is 1. The minimum Gasteiger partial charge on any atom is -0.352 e. The van der Waals surface area contributed by atoms with Crippen molar-refractivity contribution in [3.05, 3.63) is 47.1 Å². The molecule has 0 unspecified atom stereocenters. The molecule has 1 amide bonds. The molecule has 8 heteroatoms. The zero-order valence-corrected chi connectivity index (χ0v) is 14.9. The Hall–Kier alpha value is -1.77. The van der Waals surface area contributed by atoms with Gasteiger partial charge in [-0.2, -0.15) is 4.31 Å². The molecule has 1 saturated heterocycles. The van der Waals surface area contributed by atoms with Gasteiger partial charge in [-0.05, 0) is 48.1 Å². The quantitative estimate of drug-likeness (QED) is 0.848. The molecule has 0 aliphatic carbocycles. The summed E-state index contributed by atoms with van der Waals surface area (Å²) in [5.74, 6) is -0.0202. The Morgan fingerprint density at radius 2 is 2.12 bits per heavy atom. The van der Waals surface area contributed by atoms with Crippen LogP contribution < -0.4 is 5.32 Å². The van der Waals surface area contributed by atoms with Crippen molar-refractivity contribution in [2.24, 2.45) is 0 Å². The molecule has 1 aliphatic heterocycles. The summed E-state index contributed by atoms with van der Waals surface area (Å²) in [4.78, 5) is 15.4. The molecule has 1 atom stereocenters. The van der Waals surface area contributed by atoms with E-state index >= 15 is 0 Å². The van der Waals surface area contributed by atoms with Gasteiger partial charge >= 0.3 is 0 Å². The van der Waals surface area contributed by atoms with Crippen molar-refractivity contribution in [3.8, 4) is 0 Å². The van der Waals surface area contributed by atoms with Gasteiger partial charge < -0.3 is 5.32 Å². The molecule has 0 saturated carbocycles. The minimum atomic E-state index is -3.60. The number of nitrogens with zero attached hydrogens (tertiary/aromatic N) is 2. The maximum Gasteiger partial charge on any atom is 0.252 e. The number of sulfonamides is 1. The summed E-state index contributed by atoms with van der Waals surface area (Å²) in [7, 11) is -3.60. The van der Waals surface area contributed by atoms with Crippen molar-refractivity contribution in [2.45, 2.75) is 36.6 Å². The van der Waals surface area contributed by atoms with E-state index in [2.05, 4.69) is 10.3 Å². The number of aryl methyl sites for hydroxylation is 1. The fourth-order valence-corrected chi connectivity index (χ4v) is 5.52. The van der Waals surface area contributed by atoms with Gasteiger partial charge in [-0.25, -0.2) is 8.42 Å². The third-order valence-electron chi connectivity index (χ3n) is 3.92. The molecule has 128 valence electrons. The number of rotatable bonds is 6. The number of thiophene rings is 1. The van der Waals surface area contributed by atoms with E-state index in [1.54, 1.807) is 30.6 Å². The lowest BCUT2D eigenvalue weighted by Gasteiger charge is -2.24. The Balaban J connectivity index is 1.87. The molecule has 3 heterocycles. The number of hydrogen-bond donors (Lipinski definition) is 1. The Kier molecular flexibility index (Phi) is 4.98. The first-order valence-electron chi connectivity index (χ1n) is 7.69. The highest BCUT2D eigenvalue weighted by Crippen LogP contribution is 2.26. The molecule has 24 heavy (non-hydrogen) atoms. The average Bonchev–Trinajstić information content (AvgIpc) is 3.16. The maximum atomic E-state index is 13.0. The van der Waals surface area contributed by atoms with Gasteiger partial charge in [0.15, 0.2) is 0 Å². The van der Waals surface area contributed by atoms with Crippen LogP contribution >= 0.6 is 11.3 Å². The number of carbonyl (C=O) groups excluding carboxylic acids is 1. The summed E-state index contributed by atoms with van der Waals surface area (Å²) in [6, 6.07) is 5.15. The molecule has 2 aromatic heterocycles. The Morgan fingerprint density at radius 3 is 2.71 bits per heavy atom. The van der Waals surface area contributed by atoms with E-state index in [9.17, 15) is 13.2 Å². The van der Waals surface area contributed by atoms with Crippen LogP contribution in [0.25, 0.3) is 0 Å². The zero-order chi connectivity index (χ0) is 17.2. The fourth-order valence-electron chi connectivity index (χ4n) is 2.67. The van der Waals surface area contributed by atoms with Gasteiger partial charge in [-0.3, -0.25) is 9.78 Å². The van der Waals surface area contributed by atoms with Crippen LogP contribution in [0.1, 0.15) is 24.0 Å². The number of amides is 1. The van der Waals surface area contributed by atoms with E-state index in [0.717, 1.165) is 11.1 Å². The van der Waals surface area contributed by atoms with Gasteiger partial charge in [0.25, 0.3) is 10.0 Å². The van der Waals surface area contributed by atoms with E-state index in [-0.39, 0.29) is 25.0 Å². The van der Waals surface area contributed by atoms with Gasteiger partial charge in [0, 0.05) is 37.9 Å². The molecule has 2 aromatic rings. The summed E-state index contributed by atoms with van der Waals surface area (Å²) in [6.07, 6.45) is 4.40. The highest BCUT2D eigenvalue weighted by Gasteiger charge is 2.31. The molecule has 0 spiro atoms. The number of hydrogen-bond acceptors (Lipinski definition) is 5. The Bertz CT molecular complexity index is 818. The first-order chi connectivity index (χ1) is 11.4. The summed E-state index contributed by atoms with van der Waals surface area (Å²) in [5, 5.41) is 4.67. The van der Waals surface area contributed by atoms with Gasteiger partial charge in [-0.1, -0.05) is 0 Å². The molecule has 0 bridgehead atoms. The fraction of sp³-hybridized carbons (Fsp3) is 0.375. The number of pyridine rings is 1. The van der Waals surface area contributed by atoms with Gasteiger partial charge in [0.1, 0.15) is 4.21 Å². The van der Waals surface area contributed by atoms with Gasteiger partial charge in [0.2, 0.25) is 5.91 Å². The topological polar surface area (TPSA) is 79.4 Å². The van der Waals surface area contributed by atoms with Crippen molar-refractivity contribution in [1.29, 1.82) is 0 Å². The molecular weight excluding hydrogens is 346 g/mol. The Labute approximate surface area is 145 Å². The normalized spacial score (nSPS) is 18.1. The smallest absolute Gasteiger partial charge is 0.252 e. The summed E-state index contributed by atoms with van der Waals surface area (Å²) in [5.41, 5.74) is 1.79. The minimum absolute atomic E-state index is 0.0202. The second-order valence-electron chi connectivity index (χ2n) is 5.90. The second-order valence-corrected chi connectivity index (χ2v) is 8.98. The molecule has 1 N–H and O–H groups in total. The molecule has 0 aromatic carbocycles. The third-order valence-corrected chi connectivity index (χ3v) is 7.26. The van der Waals surface area contributed by atoms with E-state index < -0.39 is 10.0 Å². The largest absolute Gasteiger partial charge is 0.352 e. The molecule has 6 nitrogen and oxygen atoms in total. The van der Waals surface area contributed by atoms with E-state index in [1.807, 2.05) is 12.3 Å². The number of carbonyl (C=O) groups is 1. The monoisotopic (exact) mass is 365 g/mol. The van der Waals surface area contributed by atoms with Crippen LogP contribution in [0.4, 0.5) is 0 Å². The van der Waals surface area contributed by atoms with E-state index in [0.29, 0.717) is 17.1 Å². The average molecular weight is 365 g/mol. The van der Waals surface area contributed by atoms with Crippen molar-refractivity contribution in [3.63, 3.8) is 0 Å². The standard InChI is InChI=1S/C16H19N3O3S2/c1-12-8-16(23-11-12)24(21,22)19(9-13-4-6-17-7-5-13)10-14-2-3-15(20)18-14/h4-8,11,14H,2-3,9-10H2,1H3,(H,18,20)/t14-/m0/s1. The van der Waals surface area contributed by atoms with Crippen molar-refractivity contribution >= 4 is 27.3 Å².